The summed E-state index contributed by atoms with van der Waals surface area (Å²) in [6.07, 6.45) is 2.40. The smallest absolute Gasteiger partial charge is 0.118 e. The first-order chi connectivity index (χ1) is 9.10. The molecule has 1 aromatic rings. The maximum Gasteiger partial charge on any atom is 0.118 e. The summed E-state index contributed by atoms with van der Waals surface area (Å²) in [5.41, 5.74) is 0. The molecule has 0 aromatic carbocycles. The van der Waals surface area contributed by atoms with Gasteiger partial charge in [0.15, 0.2) is 0 Å². The minimum absolute atomic E-state index is 0.653. The van der Waals surface area contributed by atoms with E-state index >= 15 is 0 Å². The second-order valence-electron chi connectivity index (χ2n) is 5.69. The van der Waals surface area contributed by atoms with Crippen LogP contribution in [0.1, 0.15) is 52.1 Å². The van der Waals surface area contributed by atoms with Crippen molar-refractivity contribution in [3.8, 4) is 0 Å². The van der Waals surface area contributed by atoms with Gasteiger partial charge in [-0.2, -0.15) is 0 Å². The van der Waals surface area contributed by atoms with Crippen LogP contribution in [0.25, 0.3) is 0 Å². The fourth-order valence-electron chi connectivity index (χ4n) is 2.59. The zero-order valence-electron chi connectivity index (χ0n) is 13.2. The van der Waals surface area contributed by atoms with Gasteiger partial charge in [0.2, 0.25) is 0 Å². The molecule has 19 heavy (non-hydrogen) atoms. The van der Waals surface area contributed by atoms with Crippen molar-refractivity contribution in [3.63, 3.8) is 0 Å². The molecule has 1 heterocycles. The van der Waals surface area contributed by atoms with Crippen LogP contribution in [0.5, 0.6) is 0 Å². The normalized spacial score (nSPS) is 12.0. The Kier molecular flexibility index (Phi) is 7.17. The summed E-state index contributed by atoms with van der Waals surface area (Å²) >= 11 is 0. The lowest BCUT2D eigenvalue weighted by Crippen LogP contribution is -2.36. The van der Waals surface area contributed by atoms with Gasteiger partial charge in [-0.15, -0.1) is 0 Å². The minimum Gasteiger partial charge on any atom is -0.463 e. The second-order valence-corrected chi connectivity index (χ2v) is 5.69. The molecule has 0 fully saturated rings. The fourth-order valence-corrected chi connectivity index (χ4v) is 2.59. The third kappa shape index (κ3) is 5.37. The molecule has 3 heteroatoms. The van der Waals surface area contributed by atoms with Gasteiger partial charge in [0.05, 0.1) is 13.1 Å². The number of nitrogens with one attached hydrogen (secondary N) is 1. The van der Waals surface area contributed by atoms with E-state index in [0.717, 1.165) is 31.2 Å². The van der Waals surface area contributed by atoms with E-state index in [1.165, 1.54) is 12.8 Å². The Hall–Kier alpha value is -0.800. The standard InChI is InChI=1S/C16H30N2O/c1-6-14(7-2)18(11-13(3)4)12-16-9-8-15(19-16)10-17-5/h8-9,13-14,17H,6-7,10-12H2,1-5H3. The SMILES string of the molecule is CCC(CC)N(Cc1ccc(CNC)o1)CC(C)C. The lowest BCUT2D eigenvalue weighted by molar-refractivity contribution is 0.145. The number of hydrogen-bond donors (Lipinski definition) is 1. The molecule has 3 nitrogen and oxygen atoms in total. The molecule has 0 radical (unpaired) electrons. The van der Waals surface area contributed by atoms with Crippen molar-refractivity contribution in [2.24, 2.45) is 5.92 Å². The van der Waals surface area contributed by atoms with Crippen LogP contribution in [0.15, 0.2) is 16.5 Å². The highest BCUT2D eigenvalue weighted by Gasteiger charge is 2.18. The van der Waals surface area contributed by atoms with Gasteiger partial charge in [-0.05, 0) is 37.9 Å². The Morgan fingerprint density at radius 2 is 1.79 bits per heavy atom. The molecular formula is C16H30N2O. The Balaban J connectivity index is 2.69. The Bertz CT molecular complexity index is 342. The number of rotatable bonds is 9. The Morgan fingerprint density at radius 3 is 2.32 bits per heavy atom. The number of hydrogen-bond acceptors (Lipinski definition) is 3. The Morgan fingerprint density at radius 1 is 1.16 bits per heavy atom. The van der Waals surface area contributed by atoms with Gasteiger partial charge < -0.3 is 9.73 Å². The molecule has 0 atom stereocenters. The zero-order valence-corrected chi connectivity index (χ0v) is 13.2. The van der Waals surface area contributed by atoms with Crippen LogP contribution in [0, 0.1) is 5.92 Å². The summed E-state index contributed by atoms with van der Waals surface area (Å²) in [7, 11) is 1.94. The average Bonchev–Trinajstić information content (AvgIpc) is 2.78. The Labute approximate surface area is 118 Å². The highest BCUT2D eigenvalue weighted by atomic mass is 16.3. The van der Waals surface area contributed by atoms with Gasteiger partial charge in [-0.25, -0.2) is 0 Å². The van der Waals surface area contributed by atoms with Crippen LogP contribution in [-0.4, -0.2) is 24.5 Å². The predicted octanol–water partition coefficient (Wildman–Crippen LogP) is 3.65. The molecule has 0 bridgehead atoms. The molecular weight excluding hydrogens is 236 g/mol. The van der Waals surface area contributed by atoms with E-state index in [2.05, 4.69) is 50.0 Å². The number of furan rings is 1. The van der Waals surface area contributed by atoms with E-state index in [1.807, 2.05) is 7.05 Å². The van der Waals surface area contributed by atoms with Crippen LogP contribution >= 0.6 is 0 Å². The lowest BCUT2D eigenvalue weighted by Gasteiger charge is -2.31. The van der Waals surface area contributed by atoms with Crippen LogP contribution in [-0.2, 0) is 13.1 Å². The highest BCUT2D eigenvalue weighted by Crippen LogP contribution is 2.17. The summed E-state index contributed by atoms with van der Waals surface area (Å²) in [6.45, 7) is 12.0. The molecule has 0 aliphatic heterocycles. The van der Waals surface area contributed by atoms with E-state index in [0.29, 0.717) is 12.0 Å². The summed E-state index contributed by atoms with van der Waals surface area (Å²) in [5.74, 6) is 2.79. The molecule has 0 saturated carbocycles. The van der Waals surface area contributed by atoms with Gasteiger partial charge in [-0.1, -0.05) is 27.7 Å². The summed E-state index contributed by atoms with van der Waals surface area (Å²) < 4.78 is 5.87. The number of nitrogens with zero attached hydrogens (tertiary/aromatic N) is 1. The van der Waals surface area contributed by atoms with Gasteiger partial charge >= 0.3 is 0 Å². The van der Waals surface area contributed by atoms with E-state index in [4.69, 9.17) is 4.42 Å². The molecule has 1 N–H and O–H groups in total. The van der Waals surface area contributed by atoms with Crippen molar-refractivity contribution in [2.45, 2.75) is 59.7 Å². The molecule has 110 valence electrons. The molecule has 0 aliphatic carbocycles. The molecule has 0 saturated heterocycles. The van der Waals surface area contributed by atoms with Gasteiger partial charge in [0.25, 0.3) is 0 Å². The van der Waals surface area contributed by atoms with Crippen molar-refractivity contribution in [3.05, 3.63) is 23.7 Å². The molecule has 1 rings (SSSR count). The van der Waals surface area contributed by atoms with E-state index in [1.54, 1.807) is 0 Å². The largest absolute Gasteiger partial charge is 0.463 e. The van der Waals surface area contributed by atoms with Gasteiger partial charge in [0, 0.05) is 12.6 Å². The zero-order chi connectivity index (χ0) is 14.3. The molecule has 0 spiro atoms. The third-order valence-corrected chi connectivity index (χ3v) is 3.49. The molecule has 0 amide bonds. The molecule has 0 aliphatic rings. The average molecular weight is 266 g/mol. The summed E-state index contributed by atoms with van der Waals surface area (Å²) in [4.78, 5) is 2.56. The quantitative estimate of drug-likeness (QED) is 0.739. The summed E-state index contributed by atoms with van der Waals surface area (Å²) in [6, 6.07) is 4.84. The van der Waals surface area contributed by atoms with E-state index in [9.17, 15) is 0 Å². The van der Waals surface area contributed by atoms with Crippen molar-refractivity contribution < 1.29 is 4.42 Å². The highest BCUT2D eigenvalue weighted by molar-refractivity contribution is 5.07. The predicted molar refractivity (Wildman–Crippen MR) is 81.1 cm³/mol. The van der Waals surface area contributed by atoms with Crippen molar-refractivity contribution >= 4 is 0 Å². The first-order valence-corrected chi connectivity index (χ1v) is 7.56. The maximum absolute atomic E-state index is 5.87. The van der Waals surface area contributed by atoms with Gasteiger partial charge in [-0.3, -0.25) is 4.90 Å². The fraction of sp³-hybridized carbons (Fsp3) is 0.750. The first kappa shape index (κ1) is 16.3. The van der Waals surface area contributed by atoms with Crippen molar-refractivity contribution in [2.75, 3.05) is 13.6 Å². The molecule has 0 unspecified atom stereocenters. The first-order valence-electron chi connectivity index (χ1n) is 7.56. The van der Waals surface area contributed by atoms with E-state index < -0.39 is 0 Å². The van der Waals surface area contributed by atoms with Crippen LogP contribution in [0.3, 0.4) is 0 Å². The van der Waals surface area contributed by atoms with Gasteiger partial charge in [0.1, 0.15) is 11.5 Å². The minimum atomic E-state index is 0.653. The van der Waals surface area contributed by atoms with Crippen LogP contribution < -0.4 is 5.32 Å². The van der Waals surface area contributed by atoms with Crippen LogP contribution in [0.4, 0.5) is 0 Å². The maximum atomic E-state index is 5.87. The third-order valence-electron chi connectivity index (χ3n) is 3.49. The summed E-state index contributed by atoms with van der Waals surface area (Å²) in [5, 5.41) is 3.12. The topological polar surface area (TPSA) is 28.4 Å². The second kappa shape index (κ2) is 8.39. The van der Waals surface area contributed by atoms with E-state index in [-0.39, 0.29) is 0 Å². The van der Waals surface area contributed by atoms with Crippen LogP contribution in [0.2, 0.25) is 0 Å². The lowest BCUT2D eigenvalue weighted by atomic mass is 10.1. The monoisotopic (exact) mass is 266 g/mol. The molecule has 1 aromatic heterocycles. The van der Waals surface area contributed by atoms with Crippen molar-refractivity contribution in [1.82, 2.24) is 10.2 Å². The van der Waals surface area contributed by atoms with Crippen molar-refractivity contribution in [1.29, 1.82) is 0 Å².